The van der Waals surface area contributed by atoms with Crippen molar-refractivity contribution in [2.45, 2.75) is 18.5 Å². The van der Waals surface area contributed by atoms with Crippen molar-refractivity contribution in [1.29, 1.82) is 0 Å². The maximum Gasteiger partial charge on any atom is 0.315 e. The van der Waals surface area contributed by atoms with Crippen molar-refractivity contribution >= 4 is 5.91 Å². The third kappa shape index (κ3) is 1.59. The van der Waals surface area contributed by atoms with Gasteiger partial charge in [0.1, 0.15) is 0 Å². The maximum atomic E-state index is 12.2. The van der Waals surface area contributed by atoms with Gasteiger partial charge in [-0.25, -0.2) is 0 Å². The monoisotopic (exact) mass is 207 g/mol. The summed E-state index contributed by atoms with van der Waals surface area (Å²) in [5, 5.41) is 0. The molecule has 2 bridgehead atoms. The lowest BCUT2D eigenvalue weighted by molar-refractivity contribution is -0.177. The highest BCUT2D eigenvalue weighted by Crippen LogP contribution is 2.21. The van der Waals surface area contributed by atoms with Crippen molar-refractivity contribution in [2.75, 3.05) is 26.4 Å². The average Bonchev–Trinajstić information content (AvgIpc) is 2.15. The number of amides is 1. The van der Waals surface area contributed by atoms with Gasteiger partial charge in [-0.05, 0) is 0 Å². The zero-order valence-electron chi connectivity index (χ0n) is 7.49. The van der Waals surface area contributed by atoms with Crippen molar-refractivity contribution in [3.63, 3.8) is 0 Å². The largest absolute Gasteiger partial charge is 0.377 e. The topological polar surface area (TPSA) is 38.8 Å². The van der Waals surface area contributed by atoms with Crippen molar-refractivity contribution in [3.8, 4) is 0 Å². The number of carbonyl (C=O) groups is 1. The first kappa shape index (κ1) is 9.79. The Bertz CT molecular complexity index is 215. The second kappa shape index (κ2) is 3.78. The van der Waals surface area contributed by atoms with Crippen molar-refractivity contribution in [1.82, 2.24) is 4.90 Å². The number of rotatable bonds is 1. The standard InChI is InChI=1S/C8H11F2NO3/c9-7(10)8(12)11-5-1-13-3-6(11)4-14-2-5/h5-7H,1-4H2. The Labute approximate surface area is 79.8 Å². The number of alkyl halides is 2. The third-order valence-corrected chi connectivity index (χ3v) is 2.47. The first-order valence-electron chi connectivity index (χ1n) is 4.46. The van der Waals surface area contributed by atoms with Crippen molar-refractivity contribution in [2.24, 2.45) is 0 Å². The van der Waals surface area contributed by atoms with E-state index in [2.05, 4.69) is 0 Å². The number of hydrogen-bond donors (Lipinski definition) is 0. The van der Waals surface area contributed by atoms with Gasteiger partial charge in [-0.15, -0.1) is 0 Å². The highest BCUT2D eigenvalue weighted by Gasteiger charge is 2.41. The summed E-state index contributed by atoms with van der Waals surface area (Å²) < 4.78 is 34.8. The predicted molar refractivity (Wildman–Crippen MR) is 42.1 cm³/mol. The molecule has 0 unspecified atom stereocenters. The second-order valence-corrected chi connectivity index (χ2v) is 3.43. The fourth-order valence-corrected chi connectivity index (χ4v) is 1.87. The molecule has 80 valence electrons. The van der Waals surface area contributed by atoms with E-state index < -0.39 is 12.3 Å². The van der Waals surface area contributed by atoms with E-state index in [9.17, 15) is 13.6 Å². The Hall–Kier alpha value is -0.750. The fraction of sp³-hybridized carbons (Fsp3) is 0.875. The van der Waals surface area contributed by atoms with Gasteiger partial charge in [0.05, 0.1) is 38.5 Å². The molecule has 0 atom stereocenters. The highest BCUT2D eigenvalue weighted by atomic mass is 19.3. The number of ether oxygens (including phenoxy) is 2. The maximum absolute atomic E-state index is 12.2. The van der Waals surface area contributed by atoms with Gasteiger partial charge in [0.15, 0.2) is 0 Å². The molecule has 0 spiro atoms. The minimum atomic E-state index is -2.93. The molecule has 6 heteroatoms. The molecule has 0 saturated carbocycles. The van der Waals surface area contributed by atoms with Gasteiger partial charge in [-0.1, -0.05) is 0 Å². The first-order valence-corrected chi connectivity index (χ1v) is 4.46. The van der Waals surface area contributed by atoms with Crippen LogP contribution in [0.3, 0.4) is 0 Å². The van der Waals surface area contributed by atoms with E-state index in [1.54, 1.807) is 0 Å². The molecule has 1 amide bonds. The molecule has 2 heterocycles. The molecule has 2 rings (SSSR count). The number of hydrogen-bond acceptors (Lipinski definition) is 3. The van der Waals surface area contributed by atoms with E-state index >= 15 is 0 Å². The molecule has 0 N–H and O–H groups in total. The minimum Gasteiger partial charge on any atom is -0.377 e. The van der Waals surface area contributed by atoms with E-state index in [0.717, 1.165) is 0 Å². The summed E-state index contributed by atoms with van der Waals surface area (Å²) in [6.45, 7) is 1.15. The van der Waals surface area contributed by atoms with Crippen LogP contribution in [0.5, 0.6) is 0 Å². The number of morpholine rings is 2. The van der Waals surface area contributed by atoms with Gasteiger partial charge in [-0.2, -0.15) is 8.78 Å². The summed E-state index contributed by atoms with van der Waals surface area (Å²) in [5.74, 6) is -1.11. The van der Waals surface area contributed by atoms with Crippen LogP contribution in [0.4, 0.5) is 8.78 Å². The minimum absolute atomic E-state index is 0.287. The van der Waals surface area contributed by atoms with Crippen molar-refractivity contribution < 1.29 is 23.0 Å². The smallest absolute Gasteiger partial charge is 0.315 e. The summed E-state index contributed by atoms with van der Waals surface area (Å²) in [6.07, 6.45) is -2.93. The van der Waals surface area contributed by atoms with Gasteiger partial charge in [0.25, 0.3) is 5.91 Å². The first-order chi connectivity index (χ1) is 6.70. The molecule has 0 aliphatic carbocycles. The molecular weight excluding hydrogens is 196 g/mol. The molecule has 0 aromatic rings. The molecule has 0 aromatic carbocycles. The van der Waals surface area contributed by atoms with Crippen LogP contribution < -0.4 is 0 Å². The molecule has 2 saturated heterocycles. The Morgan fingerprint density at radius 1 is 1.14 bits per heavy atom. The Balaban J connectivity index is 2.12. The van der Waals surface area contributed by atoms with E-state index in [0.29, 0.717) is 0 Å². The van der Waals surface area contributed by atoms with E-state index in [1.165, 1.54) is 4.90 Å². The van der Waals surface area contributed by atoms with Crippen LogP contribution in [-0.4, -0.2) is 55.7 Å². The van der Waals surface area contributed by atoms with E-state index in [1.807, 2.05) is 0 Å². The van der Waals surface area contributed by atoms with E-state index in [4.69, 9.17) is 9.47 Å². The van der Waals surface area contributed by atoms with Crippen molar-refractivity contribution in [3.05, 3.63) is 0 Å². The number of halogens is 2. The van der Waals surface area contributed by atoms with Gasteiger partial charge in [0.2, 0.25) is 0 Å². The van der Waals surface area contributed by atoms with Crippen LogP contribution in [0.15, 0.2) is 0 Å². The van der Waals surface area contributed by atoms with Gasteiger partial charge >= 0.3 is 6.43 Å². The van der Waals surface area contributed by atoms with Gasteiger partial charge in [0, 0.05) is 0 Å². The second-order valence-electron chi connectivity index (χ2n) is 3.43. The molecule has 0 radical (unpaired) electrons. The van der Waals surface area contributed by atoms with Crippen LogP contribution in [-0.2, 0) is 14.3 Å². The molecule has 4 nitrogen and oxygen atoms in total. The van der Waals surface area contributed by atoms with Gasteiger partial charge in [-0.3, -0.25) is 4.79 Å². The molecule has 0 aromatic heterocycles. The number of carbonyl (C=O) groups excluding carboxylic acids is 1. The SMILES string of the molecule is O=C(C(F)F)N1C2COCC1COC2. The summed E-state index contributed by atoms with van der Waals surface area (Å²) >= 11 is 0. The third-order valence-electron chi connectivity index (χ3n) is 2.47. The van der Waals surface area contributed by atoms with Crippen LogP contribution >= 0.6 is 0 Å². The molecular formula is C8H11F2NO3. The Morgan fingerprint density at radius 2 is 1.57 bits per heavy atom. The summed E-state index contributed by atoms with van der Waals surface area (Å²) in [4.78, 5) is 12.4. The van der Waals surface area contributed by atoms with Crippen LogP contribution in [0.2, 0.25) is 0 Å². The lowest BCUT2D eigenvalue weighted by atomic mass is 10.1. The van der Waals surface area contributed by atoms with E-state index in [-0.39, 0.29) is 38.5 Å². The summed E-state index contributed by atoms with van der Waals surface area (Å²) in [5.41, 5.74) is 0. The fourth-order valence-electron chi connectivity index (χ4n) is 1.87. The predicted octanol–water partition coefficient (Wildman–Crippen LogP) is -0.122. The summed E-state index contributed by atoms with van der Waals surface area (Å²) in [7, 11) is 0. The lowest BCUT2D eigenvalue weighted by Gasteiger charge is -2.45. The zero-order chi connectivity index (χ0) is 10.1. The average molecular weight is 207 g/mol. The molecule has 2 aliphatic heterocycles. The van der Waals surface area contributed by atoms with Crippen LogP contribution in [0.25, 0.3) is 0 Å². The van der Waals surface area contributed by atoms with Gasteiger partial charge < -0.3 is 14.4 Å². The quantitative estimate of drug-likeness (QED) is 0.601. The molecule has 2 fully saturated rings. The molecule has 14 heavy (non-hydrogen) atoms. The Morgan fingerprint density at radius 3 is 1.93 bits per heavy atom. The zero-order valence-corrected chi connectivity index (χ0v) is 7.49. The van der Waals surface area contributed by atoms with Crippen LogP contribution in [0.1, 0.15) is 0 Å². The van der Waals surface area contributed by atoms with Crippen LogP contribution in [0, 0.1) is 0 Å². The number of nitrogens with zero attached hydrogens (tertiary/aromatic N) is 1. The highest BCUT2D eigenvalue weighted by molar-refractivity contribution is 5.80. The summed E-state index contributed by atoms with van der Waals surface area (Å²) in [6, 6.07) is -0.687. The number of fused-ring (bicyclic) bond motifs is 2. The Kier molecular flexibility index (Phi) is 2.64. The lowest BCUT2D eigenvalue weighted by Crippen LogP contribution is -2.62. The normalized spacial score (nSPS) is 32.1. The molecule has 2 aliphatic rings.